The third kappa shape index (κ3) is 6.44. The van der Waals surface area contributed by atoms with Gasteiger partial charge < -0.3 is 19.1 Å². The first-order chi connectivity index (χ1) is 10.1. The number of nitrogens with zero attached hydrogens (tertiary/aromatic N) is 1. The molecular formula is C15H27NO5. The topological polar surface area (TPSA) is 65.1 Å². The average molecular weight is 301 g/mol. The normalized spacial score (nSPS) is 20.7. The van der Waals surface area contributed by atoms with Crippen LogP contribution in [-0.2, 0) is 23.8 Å². The van der Waals surface area contributed by atoms with Crippen molar-refractivity contribution in [3.05, 3.63) is 0 Å². The summed E-state index contributed by atoms with van der Waals surface area (Å²) in [6.07, 6.45) is 2.96. The van der Waals surface area contributed by atoms with Gasteiger partial charge in [-0.15, -0.1) is 0 Å². The van der Waals surface area contributed by atoms with Crippen LogP contribution in [0, 0.1) is 5.92 Å². The molecule has 21 heavy (non-hydrogen) atoms. The van der Waals surface area contributed by atoms with Crippen molar-refractivity contribution in [3.8, 4) is 0 Å². The second-order valence-corrected chi connectivity index (χ2v) is 5.32. The molecule has 0 saturated heterocycles. The fraction of sp³-hybridized carbons (Fsp3) is 0.867. The molecule has 1 rings (SSSR count). The van der Waals surface area contributed by atoms with E-state index in [1.165, 1.54) is 7.11 Å². The zero-order chi connectivity index (χ0) is 15.7. The van der Waals surface area contributed by atoms with Crippen molar-refractivity contribution in [3.63, 3.8) is 0 Å². The monoisotopic (exact) mass is 301 g/mol. The van der Waals surface area contributed by atoms with E-state index in [1.54, 1.807) is 12.0 Å². The van der Waals surface area contributed by atoms with Crippen LogP contribution in [0.5, 0.6) is 0 Å². The molecule has 1 amide bonds. The van der Waals surface area contributed by atoms with E-state index in [0.717, 1.165) is 19.4 Å². The van der Waals surface area contributed by atoms with Crippen molar-refractivity contribution in [2.45, 2.75) is 38.7 Å². The minimum absolute atomic E-state index is 0.0795. The SMILES string of the molecule is CCOC1CC(CC(=O)N(CCOC)CCC(=O)OC)C1. The Bertz CT molecular complexity index is 328. The molecule has 0 unspecified atom stereocenters. The van der Waals surface area contributed by atoms with Gasteiger partial charge in [0.2, 0.25) is 5.91 Å². The van der Waals surface area contributed by atoms with E-state index in [2.05, 4.69) is 4.74 Å². The number of esters is 1. The third-order valence-corrected chi connectivity index (χ3v) is 3.79. The average Bonchev–Trinajstić information content (AvgIpc) is 2.44. The fourth-order valence-electron chi connectivity index (χ4n) is 2.48. The van der Waals surface area contributed by atoms with E-state index >= 15 is 0 Å². The smallest absolute Gasteiger partial charge is 0.307 e. The molecule has 6 nitrogen and oxygen atoms in total. The number of hydrogen-bond donors (Lipinski definition) is 0. The second kappa shape index (κ2) is 9.73. The minimum atomic E-state index is -0.301. The van der Waals surface area contributed by atoms with Crippen LogP contribution in [0.1, 0.15) is 32.6 Å². The van der Waals surface area contributed by atoms with E-state index in [0.29, 0.717) is 38.1 Å². The molecule has 0 aromatic heterocycles. The highest BCUT2D eigenvalue weighted by atomic mass is 16.5. The summed E-state index contributed by atoms with van der Waals surface area (Å²) in [5.74, 6) is 0.179. The van der Waals surface area contributed by atoms with Crippen LogP contribution < -0.4 is 0 Å². The van der Waals surface area contributed by atoms with Crippen molar-refractivity contribution >= 4 is 11.9 Å². The number of rotatable bonds is 10. The van der Waals surface area contributed by atoms with Crippen LogP contribution in [-0.4, -0.2) is 63.4 Å². The van der Waals surface area contributed by atoms with Gasteiger partial charge >= 0.3 is 5.97 Å². The molecule has 0 N–H and O–H groups in total. The Balaban J connectivity index is 2.35. The van der Waals surface area contributed by atoms with Crippen LogP contribution in [0.4, 0.5) is 0 Å². The number of methoxy groups -OCH3 is 2. The highest BCUT2D eigenvalue weighted by Gasteiger charge is 2.32. The lowest BCUT2D eigenvalue weighted by molar-refractivity contribution is -0.142. The van der Waals surface area contributed by atoms with E-state index in [9.17, 15) is 9.59 Å². The summed E-state index contributed by atoms with van der Waals surface area (Å²) in [5.41, 5.74) is 0. The summed E-state index contributed by atoms with van der Waals surface area (Å²) in [5, 5.41) is 0. The number of carbonyl (C=O) groups excluding carboxylic acids is 2. The zero-order valence-corrected chi connectivity index (χ0v) is 13.3. The first-order valence-corrected chi connectivity index (χ1v) is 7.55. The summed E-state index contributed by atoms with van der Waals surface area (Å²) in [6.45, 7) is 4.08. The van der Waals surface area contributed by atoms with E-state index in [1.807, 2.05) is 6.92 Å². The van der Waals surface area contributed by atoms with Gasteiger partial charge in [0.1, 0.15) is 0 Å². The molecule has 1 aliphatic carbocycles. The van der Waals surface area contributed by atoms with Crippen molar-refractivity contribution in [1.29, 1.82) is 0 Å². The Kier molecular flexibility index (Phi) is 8.30. The van der Waals surface area contributed by atoms with E-state index in [4.69, 9.17) is 9.47 Å². The summed E-state index contributed by atoms with van der Waals surface area (Å²) in [6, 6.07) is 0. The molecule has 0 aromatic rings. The lowest BCUT2D eigenvalue weighted by Gasteiger charge is -2.35. The van der Waals surface area contributed by atoms with Crippen molar-refractivity contribution in [1.82, 2.24) is 4.90 Å². The van der Waals surface area contributed by atoms with Crippen molar-refractivity contribution in [2.24, 2.45) is 5.92 Å². The minimum Gasteiger partial charge on any atom is -0.469 e. The molecule has 1 saturated carbocycles. The molecule has 0 radical (unpaired) electrons. The van der Waals surface area contributed by atoms with Gasteiger partial charge in [0.05, 0.1) is 26.2 Å². The quantitative estimate of drug-likeness (QED) is 0.568. The predicted octanol–water partition coefficient (Wildman–Crippen LogP) is 1.23. The van der Waals surface area contributed by atoms with E-state index < -0.39 is 0 Å². The second-order valence-electron chi connectivity index (χ2n) is 5.32. The molecule has 1 aliphatic rings. The number of hydrogen-bond acceptors (Lipinski definition) is 5. The molecule has 0 aromatic carbocycles. The summed E-state index contributed by atoms with van der Waals surface area (Å²) < 4.78 is 15.1. The molecule has 0 bridgehead atoms. The summed E-state index contributed by atoms with van der Waals surface area (Å²) in [7, 11) is 2.95. The predicted molar refractivity (Wildman–Crippen MR) is 77.8 cm³/mol. The van der Waals surface area contributed by atoms with Crippen LogP contribution in [0.3, 0.4) is 0 Å². The number of ether oxygens (including phenoxy) is 3. The fourth-order valence-corrected chi connectivity index (χ4v) is 2.48. The lowest BCUT2D eigenvalue weighted by atomic mass is 9.79. The van der Waals surface area contributed by atoms with Gasteiger partial charge in [0, 0.05) is 33.2 Å². The molecule has 0 aliphatic heterocycles. The molecule has 0 atom stereocenters. The zero-order valence-electron chi connectivity index (χ0n) is 13.3. The van der Waals surface area contributed by atoms with Crippen LogP contribution in [0.2, 0.25) is 0 Å². The Morgan fingerprint density at radius 1 is 1.19 bits per heavy atom. The maximum atomic E-state index is 12.3. The number of amides is 1. The highest BCUT2D eigenvalue weighted by molar-refractivity contribution is 5.77. The first-order valence-electron chi connectivity index (χ1n) is 7.55. The van der Waals surface area contributed by atoms with Gasteiger partial charge in [0.15, 0.2) is 0 Å². The maximum Gasteiger partial charge on any atom is 0.307 e. The third-order valence-electron chi connectivity index (χ3n) is 3.79. The standard InChI is InChI=1S/C15H27NO5/c1-4-21-13-9-12(10-13)11-14(17)16(7-8-19-2)6-5-15(18)20-3/h12-13H,4-11H2,1-3H3. The van der Waals surface area contributed by atoms with E-state index in [-0.39, 0.29) is 18.3 Å². The Morgan fingerprint density at radius 2 is 1.90 bits per heavy atom. The Labute approximate surface area is 126 Å². The molecule has 122 valence electrons. The van der Waals surface area contributed by atoms with Crippen LogP contribution >= 0.6 is 0 Å². The molecule has 6 heteroatoms. The highest BCUT2D eigenvalue weighted by Crippen LogP contribution is 2.33. The maximum absolute atomic E-state index is 12.3. The largest absolute Gasteiger partial charge is 0.469 e. The first kappa shape index (κ1) is 17.9. The Morgan fingerprint density at radius 3 is 2.48 bits per heavy atom. The molecule has 0 heterocycles. The van der Waals surface area contributed by atoms with Gasteiger partial charge in [-0.3, -0.25) is 9.59 Å². The van der Waals surface area contributed by atoms with Crippen molar-refractivity contribution in [2.75, 3.05) is 40.5 Å². The van der Waals surface area contributed by atoms with Crippen LogP contribution in [0.25, 0.3) is 0 Å². The summed E-state index contributed by atoms with van der Waals surface area (Å²) >= 11 is 0. The molecule has 0 spiro atoms. The molecular weight excluding hydrogens is 274 g/mol. The van der Waals surface area contributed by atoms with Gasteiger partial charge in [-0.1, -0.05) is 0 Å². The summed E-state index contributed by atoms with van der Waals surface area (Å²) in [4.78, 5) is 25.2. The lowest BCUT2D eigenvalue weighted by Crippen LogP contribution is -2.40. The van der Waals surface area contributed by atoms with Gasteiger partial charge in [-0.25, -0.2) is 0 Å². The van der Waals surface area contributed by atoms with Gasteiger partial charge in [-0.2, -0.15) is 0 Å². The van der Waals surface area contributed by atoms with Crippen molar-refractivity contribution < 1.29 is 23.8 Å². The molecule has 1 fully saturated rings. The van der Waals surface area contributed by atoms with Crippen LogP contribution in [0.15, 0.2) is 0 Å². The number of carbonyl (C=O) groups is 2. The van der Waals surface area contributed by atoms with Gasteiger partial charge in [0.25, 0.3) is 0 Å². The Hall–Kier alpha value is -1.14. The van der Waals surface area contributed by atoms with Gasteiger partial charge in [-0.05, 0) is 25.7 Å².